The standard InChI is InChI=1S/C13H13BrN2/c1-9-2-3-11(14)6-13(9)12-4-5-16-8-10(12)7-15/h2-6,8H,7,15H2,1H3. The molecule has 0 saturated carbocycles. The zero-order chi connectivity index (χ0) is 11.5. The molecule has 0 aliphatic carbocycles. The van der Waals surface area contributed by atoms with Gasteiger partial charge >= 0.3 is 0 Å². The molecule has 0 saturated heterocycles. The Morgan fingerprint density at radius 3 is 2.81 bits per heavy atom. The number of halogens is 1. The van der Waals surface area contributed by atoms with Gasteiger partial charge in [0.1, 0.15) is 0 Å². The van der Waals surface area contributed by atoms with Crippen LogP contribution < -0.4 is 5.73 Å². The lowest BCUT2D eigenvalue weighted by atomic mass is 9.98. The van der Waals surface area contributed by atoms with Crippen molar-refractivity contribution in [1.29, 1.82) is 0 Å². The predicted octanol–water partition coefficient (Wildman–Crippen LogP) is 3.28. The van der Waals surface area contributed by atoms with Gasteiger partial charge < -0.3 is 5.73 Å². The maximum absolute atomic E-state index is 5.72. The number of hydrogen-bond donors (Lipinski definition) is 1. The second-order valence-corrected chi connectivity index (χ2v) is 4.61. The summed E-state index contributed by atoms with van der Waals surface area (Å²) in [6, 6.07) is 8.27. The molecule has 1 heterocycles. The monoisotopic (exact) mass is 276 g/mol. The van der Waals surface area contributed by atoms with Crippen LogP contribution in [0.25, 0.3) is 11.1 Å². The van der Waals surface area contributed by atoms with Crippen LogP contribution in [-0.2, 0) is 6.54 Å². The Morgan fingerprint density at radius 1 is 1.25 bits per heavy atom. The van der Waals surface area contributed by atoms with E-state index in [0.29, 0.717) is 6.54 Å². The number of nitrogens with zero attached hydrogens (tertiary/aromatic N) is 1. The summed E-state index contributed by atoms with van der Waals surface area (Å²) in [4.78, 5) is 4.10. The first-order chi connectivity index (χ1) is 7.72. The summed E-state index contributed by atoms with van der Waals surface area (Å²) < 4.78 is 1.08. The van der Waals surface area contributed by atoms with Crippen LogP contribution in [0.2, 0.25) is 0 Å². The Bertz CT molecular complexity index is 509. The average molecular weight is 277 g/mol. The SMILES string of the molecule is Cc1ccc(Br)cc1-c1ccncc1CN. The first kappa shape index (κ1) is 11.3. The Balaban J connectivity index is 2.62. The molecule has 0 amide bonds. The van der Waals surface area contributed by atoms with Gasteiger partial charge in [-0.05, 0) is 47.4 Å². The maximum atomic E-state index is 5.72. The molecule has 0 atom stereocenters. The van der Waals surface area contributed by atoms with Gasteiger partial charge in [-0.3, -0.25) is 4.98 Å². The highest BCUT2D eigenvalue weighted by Gasteiger charge is 2.06. The zero-order valence-corrected chi connectivity index (χ0v) is 10.7. The van der Waals surface area contributed by atoms with Crippen molar-refractivity contribution in [3.8, 4) is 11.1 Å². The topological polar surface area (TPSA) is 38.9 Å². The summed E-state index contributed by atoms with van der Waals surface area (Å²) in [7, 11) is 0. The van der Waals surface area contributed by atoms with E-state index in [2.05, 4.69) is 40.0 Å². The second-order valence-electron chi connectivity index (χ2n) is 3.70. The van der Waals surface area contributed by atoms with Crippen LogP contribution in [0.1, 0.15) is 11.1 Å². The highest BCUT2D eigenvalue weighted by atomic mass is 79.9. The van der Waals surface area contributed by atoms with Crippen molar-refractivity contribution in [1.82, 2.24) is 4.98 Å². The quantitative estimate of drug-likeness (QED) is 0.914. The maximum Gasteiger partial charge on any atom is 0.0318 e. The normalized spacial score (nSPS) is 10.4. The van der Waals surface area contributed by atoms with E-state index in [4.69, 9.17) is 5.73 Å². The third-order valence-electron chi connectivity index (χ3n) is 2.61. The summed E-state index contributed by atoms with van der Waals surface area (Å²) in [6.07, 6.45) is 3.63. The van der Waals surface area contributed by atoms with Gasteiger partial charge in [0.2, 0.25) is 0 Å². The summed E-state index contributed by atoms with van der Waals surface area (Å²) in [6.45, 7) is 2.61. The van der Waals surface area contributed by atoms with Crippen molar-refractivity contribution in [2.45, 2.75) is 13.5 Å². The molecular formula is C13H13BrN2. The van der Waals surface area contributed by atoms with Crippen molar-refractivity contribution in [3.63, 3.8) is 0 Å². The predicted molar refractivity (Wildman–Crippen MR) is 70.0 cm³/mol. The fourth-order valence-corrected chi connectivity index (χ4v) is 2.10. The first-order valence-electron chi connectivity index (χ1n) is 5.12. The lowest BCUT2D eigenvalue weighted by molar-refractivity contribution is 1.05. The fraction of sp³-hybridized carbons (Fsp3) is 0.154. The van der Waals surface area contributed by atoms with E-state index < -0.39 is 0 Å². The minimum atomic E-state index is 0.509. The van der Waals surface area contributed by atoms with Crippen molar-refractivity contribution in [2.75, 3.05) is 0 Å². The van der Waals surface area contributed by atoms with Crippen LogP contribution in [0.15, 0.2) is 41.1 Å². The number of pyridine rings is 1. The molecule has 0 spiro atoms. The fourth-order valence-electron chi connectivity index (χ4n) is 1.74. The molecule has 16 heavy (non-hydrogen) atoms. The molecule has 2 rings (SSSR count). The van der Waals surface area contributed by atoms with Crippen molar-refractivity contribution in [2.24, 2.45) is 5.73 Å². The van der Waals surface area contributed by atoms with E-state index in [9.17, 15) is 0 Å². The van der Waals surface area contributed by atoms with Gasteiger partial charge in [0.05, 0.1) is 0 Å². The highest BCUT2D eigenvalue weighted by molar-refractivity contribution is 9.10. The van der Waals surface area contributed by atoms with Gasteiger partial charge in [-0.15, -0.1) is 0 Å². The number of nitrogens with two attached hydrogens (primary N) is 1. The Labute approximate surface area is 104 Å². The number of rotatable bonds is 2. The molecule has 2 nitrogen and oxygen atoms in total. The summed E-state index contributed by atoms with van der Waals surface area (Å²) in [5.74, 6) is 0. The number of benzene rings is 1. The zero-order valence-electron chi connectivity index (χ0n) is 9.07. The lowest BCUT2D eigenvalue weighted by Crippen LogP contribution is -2.00. The molecule has 0 fully saturated rings. The van der Waals surface area contributed by atoms with Crippen LogP contribution >= 0.6 is 15.9 Å². The van der Waals surface area contributed by atoms with Gasteiger partial charge in [0.15, 0.2) is 0 Å². The average Bonchev–Trinajstić information content (AvgIpc) is 2.32. The molecule has 1 aromatic carbocycles. The Kier molecular flexibility index (Phi) is 3.36. The molecule has 0 radical (unpaired) electrons. The molecule has 0 aliphatic rings. The molecule has 2 N–H and O–H groups in total. The molecule has 0 unspecified atom stereocenters. The number of hydrogen-bond acceptors (Lipinski definition) is 2. The van der Waals surface area contributed by atoms with Crippen LogP contribution in [0, 0.1) is 6.92 Å². The van der Waals surface area contributed by atoms with Crippen molar-refractivity contribution >= 4 is 15.9 Å². The molecule has 0 aliphatic heterocycles. The van der Waals surface area contributed by atoms with E-state index in [1.54, 1.807) is 6.20 Å². The van der Waals surface area contributed by atoms with Crippen LogP contribution in [0.5, 0.6) is 0 Å². The van der Waals surface area contributed by atoms with Gasteiger partial charge in [-0.2, -0.15) is 0 Å². The summed E-state index contributed by atoms with van der Waals surface area (Å²) >= 11 is 3.49. The third kappa shape index (κ3) is 2.15. The van der Waals surface area contributed by atoms with E-state index in [-0.39, 0.29) is 0 Å². The first-order valence-corrected chi connectivity index (χ1v) is 5.91. The highest BCUT2D eigenvalue weighted by Crippen LogP contribution is 2.28. The van der Waals surface area contributed by atoms with Gasteiger partial charge in [-0.25, -0.2) is 0 Å². The van der Waals surface area contributed by atoms with Crippen molar-refractivity contribution in [3.05, 3.63) is 52.3 Å². The largest absolute Gasteiger partial charge is 0.326 e. The van der Waals surface area contributed by atoms with Crippen LogP contribution in [0.3, 0.4) is 0 Å². The summed E-state index contributed by atoms with van der Waals surface area (Å²) in [5, 5.41) is 0. The second kappa shape index (κ2) is 4.76. The van der Waals surface area contributed by atoms with E-state index >= 15 is 0 Å². The minimum Gasteiger partial charge on any atom is -0.326 e. The van der Waals surface area contributed by atoms with Crippen molar-refractivity contribution < 1.29 is 0 Å². The molecule has 3 heteroatoms. The minimum absolute atomic E-state index is 0.509. The van der Waals surface area contributed by atoms with Gasteiger partial charge in [0, 0.05) is 23.4 Å². The molecule has 1 aromatic heterocycles. The lowest BCUT2D eigenvalue weighted by Gasteiger charge is -2.10. The Hall–Kier alpha value is -1.19. The number of aromatic nitrogens is 1. The van der Waals surface area contributed by atoms with E-state index in [0.717, 1.165) is 15.6 Å². The molecule has 82 valence electrons. The molecular weight excluding hydrogens is 264 g/mol. The third-order valence-corrected chi connectivity index (χ3v) is 3.11. The van der Waals surface area contributed by atoms with Gasteiger partial charge in [0.25, 0.3) is 0 Å². The smallest absolute Gasteiger partial charge is 0.0318 e. The van der Waals surface area contributed by atoms with Crippen LogP contribution in [0.4, 0.5) is 0 Å². The molecule has 2 aromatic rings. The van der Waals surface area contributed by atoms with Crippen LogP contribution in [-0.4, -0.2) is 4.98 Å². The van der Waals surface area contributed by atoms with E-state index in [1.807, 2.05) is 18.3 Å². The molecule has 0 bridgehead atoms. The number of aryl methyl sites for hydroxylation is 1. The van der Waals surface area contributed by atoms with Gasteiger partial charge in [-0.1, -0.05) is 22.0 Å². The van der Waals surface area contributed by atoms with E-state index in [1.165, 1.54) is 11.1 Å². The summed E-state index contributed by atoms with van der Waals surface area (Å²) in [5.41, 5.74) is 10.4. The Morgan fingerprint density at radius 2 is 2.06 bits per heavy atom.